The largest absolute Gasteiger partial charge is 0.444 e. The van der Waals surface area contributed by atoms with Crippen molar-refractivity contribution in [2.45, 2.75) is 42.6 Å². The molecule has 0 radical (unpaired) electrons. The van der Waals surface area contributed by atoms with Gasteiger partial charge in [-0.3, -0.25) is 14.9 Å². The van der Waals surface area contributed by atoms with Gasteiger partial charge < -0.3 is 19.4 Å². The Balaban J connectivity index is 1.44. The molecular formula is C26H29N3O7S. The van der Waals surface area contributed by atoms with Crippen molar-refractivity contribution in [3.8, 4) is 5.75 Å². The van der Waals surface area contributed by atoms with Crippen LogP contribution in [0.4, 0.5) is 10.5 Å². The molecule has 0 atom stereocenters. The molecule has 2 aromatic rings. The van der Waals surface area contributed by atoms with E-state index >= 15 is 0 Å². The summed E-state index contributed by atoms with van der Waals surface area (Å²) in [5, 5.41) is 11.9. The number of rotatable bonds is 5. The van der Waals surface area contributed by atoms with E-state index in [1.54, 1.807) is 48.8 Å². The van der Waals surface area contributed by atoms with Crippen LogP contribution in [0.15, 0.2) is 52.8 Å². The van der Waals surface area contributed by atoms with E-state index < -0.39 is 16.6 Å². The highest BCUT2D eigenvalue weighted by Crippen LogP contribution is 2.38. The number of benzene rings is 2. The van der Waals surface area contributed by atoms with E-state index in [9.17, 15) is 19.7 Å². The minimum atomic E-state index is -0.596. The summed E-state index contributed by atoms with van der Waals surface area (Å²) in [6.07, 6.45) is 0.278. The van der Waals surface area contributed by atoms with E-state index in [2.05, 4.69) is 6.58 Å². The highest BCUT2D eigenvalue weighted by Gasteiger charge is 2.29. The minimum Gasteiger partial charge on any atom is -0.444 e. The smallest absolute Gasteiger partial charge is 0.410 e. The third kappa shape index (κ3) is 6.41. The number of nitrogens with zero attached hydrogens (tertiary/aromatic N) is 3. The molecule has 4 rings (SSSR count). The zero-order valence-corrected chi connectivity index (χ0v) is 21.8. The number of amides is 2. The SMILES string of the molecule is C=C(C(=O)N1CCN(C(=O)OC(C)(C)C)CC1)c1ccc(Sc2ccc3c(c2)CCOO3)c([N+](=O)[O-])c1. The van der Waals surface area contributed by atoms with E-state index in [1.807, 2.05) is 12.1 Å². The third-order valence-corrected chi connectivity index (χ3v) is 6.90. The molecule has 11 heteroatoms. The maximum Gasteiger partial charge on any atom is 0.410 e. The maximum atomic E-state index is 13.1. The Morgan fingerprint density at radius 2 is 1.78 bits per heavy atom. The Labute approximate surface area is 219 Å². The van der Waals surface area contributed by atoms with Crippen molar-refractivity contribution < 1.29 is 29.0 Å². The molecule has 0 bridgehead atoms. The van der Waals surface area contributed by atoms with Crippen LogP contribution in [0.2, 0.25) is 0 Å². The highest BCUT2D eigenvalue weighted by atomic mass is 32.2. The van der Waals surface area contributed by atoms with Gasteiger partial charge in [-0.15, -0.1) is 0 Å². The zero-order chi connectivity index (χ0) is 26.7. The molecule has 0 aliphatic carbocycles. The topological polar surface area (TPSA) is 111 Å². The second-order valence-corrected chi connectivity index (χ2v) is 10.8. The number of fused-ring (bicyclic) bond motifs is 1. The molecule has 1 fully saturated rings. The van der Waals surface area contributed by atoms with Gasteiger partial charge in [-0.05, 0) is 50.6 Å². The second-order valence-electron chi connectivity index (χ2n) is 9.70. The predicted octanol–water partition coefficient (Wildman–Crippen LogP) is 4.71. The van der Waals surface area contributed by atoms with Crippen molar-refractivity contribution in [3.05, 3.63) is 64.2 Å². The van der Waals surface area contributed by atoms with E-state index in [0.717, 1.165) is 10.5 Å². The molecule has 2 heterocycles. The summed E-state index contributed by atoms with van der Waals surface area (Å²) in [7, 11) is 0. The first-order valence-electron chi connectivity index (χ1n) is 11.9. The van der Waals surface area contributed by atoms with Gasteiger partial charge in [-0.25, -0.2) is 4.79 Å². The van der Waals surface area contributed by atoms with Crippen LogP contribution in [-0.4, -0.2) is 65.1 Å². The minimum absolute atomic E-state index is 0.108. The summed E-state index contributed by atoms with van der Waals surface area (Å²) < 4.78 is 5.39. The predicted molar refractivity (Wildman–Crippen MR) is 137 cm³/mol. The average Bonchev–Trinajstić information content (AvgIpc) is 2.87. The fraction of sp³-hybridized carbons (Fsp3) is 0.385. The lowest BCUT2D eigenvalue weighted by molar-refractivity contribution is -0.387. The number of hydrogen-bond donors (Lipinski definition) is 0. The van der Waals surface area contributed by atoms with Gasteiger partial charge in [-0.1, -0.05) is 24.4 Å². The molecule has 196 valence electrons. The number of hydrogen-bond acceptors (Lipinski definition) is 8. The van der Waals surface area contributed by atoms with E-state index in [-0.39, 0.29) is 17.2 Å². The zero-order valence-electron chi connectivity index (χ0n) is 21.0. The number of carbonyl (C=O) groups is 2. The summed E-state index contributed by atoms with van der Waals surface area (Å²) >= 11 is 1.27. The molecule has 0 spiro atoms. The van der Waals surface area contributed by atoms with Crippen molar-refractivity contribution >= 4 is 35.0 Å². The number of nitro groups is 1. The standard InChI is InChI=1S/C26H29N3O7S/c1-17(24(30)27-10-12-28(13-11-27)25(31)35-26(2,3)4)18-5-8-23(21(16-18)29(32)33)37-20-6-7-22-19(15-20)9-14-34-36-22/h5-8,15-16H,1,9-14H2,2-4H3. The van der Waals surface area contributed by atoms with Gasteiger partial charge in [0, 0.05) is 54.7 Å². The summed E-state index contributed by atoms with van der Waals surface area (Å²) in [5.41, 5.74) is 0.813. The van der Waals surface area contributed by atoms with Gasteiger partial charge in [0.1, 0.15) is 5.60 Å². The van der Waals surface area contributed by atoms with E-state index in [4.69, 9.17) is 14.5 Å². The first-order valence-corrected chi connectivity index (χ1v) is 12.7. The van der Waals surface area contributed by atoms with Crippen LogP contribution in [0.5, 0.6) is 5.75 Å². The first kappa shape index (κ1) is 26.5. The van der Waals surface area contributed by atoms with Crippen LogP contribution in [0, 0.1) is 10.1 Å². The highest BCUT2D eigenvalue weighted by molar-refractivity contribution is 7.99. The molecular weight excluding hydrogens is 498 g/mol. The Bertz CT molecular complexity index is 1230. The monoisotopic (exact) mass is 527 g/mol. The van der Waals surface area contributed by atoms with Gasteiger partial charge in [0.2, 0.25) is 0 Å². The Morgan fingerprint density at radius 3 is 2.46 bits per heavy atom. The van der Waals surface area contributed by atoms with Crippen molar-refractivity contribution in [2.24, 2.45) is 0 Å². The third-order valence-electron chi connectivity index (χ3n) is 5.84. The quantitative estimate of drug-likeness (QED) is 0.238. The van der Waals surface area contributed by atoms with Gasteiger partial charge in [0.15, 0.2) is 5.75 Å². The number of carbonyl (C=O) groups excluding carboxylic acids is 2. The normalized spacial score (nSPS) is 15.4. The van der Waals surface area contributed by atoms with E-state index in [0.29, 0.717) is 55.4 Å². The van der Waals surface area contributed by atoms with Crippen molar-refractivity contribution in [2.75, 3.05) is 32.8 Å². The molecule has 1 saturated heterocycles. The fourth-order valence-electron chi connectivity index (χ4n) is 3.95. The molecule has 0 aromatic heterocycles. The summed E-state index contributed by atoms with van der Waals surface area (Å²) in [6.45, 7) is 11.1. The van der Waals surface area contributed by atoms with Crippen LogP contribution < -0.4 is 4.89 Å². The maximum absolute atomic E-state index is 13.1. The molecule has 0 N–H and O–H groups in total. The Hall–Kier alpha value is -3.57. The van der Waals surface area contributed by atoms with Crippen molar-refractivity contribution in [3.63, 3.8) is 0 Å². The molecule has 2 amide bonds. The fourth-order valence-corrected chi connectivity index (χ4v) is 4.91. The van der Waals surface area contributed by atoms with Crippen LogP contribution in [0.25, 0.3) is 5.57 Å². The van der Waals surface area contributed by atoms with E-state index in [1.165, 1.54) is 17.8 Å². The lowest BCUT2D eigenvalue weighted by atomic mass is 10.1. The Morgan fingerprint density at radius 1 is 1.08 bits per heavy atom. The van der Waals surface area contributed by atoms with Gasteiger partial charge in [-0.2, -0.15) is 4.89 Å². The molecule has 37 heavy (non-hydrogen) atoms. The first-order chi connectivity index (χ1) is 17.5. The molecule has 2 aromatic carbocycles. The van der Waals surface area contributed by atoms with Gasteiger partial charge >= 0.3 is 6.09 Å². The molecule has 0 saturated carbocycles. The number of nitro benzene ring substituents is 1. The lowest BCUT2D eigenvalue weighted by Crippen LogP contribution is -2.51. The van der Waals surface area contributed by atoms with Crippen molar-refractivity contribution in [1.82, 2.24) is 9.80 Å². The lowest BCUT2D eigenvalue weighted by Gasteiger charge is -2.35. The van der Waals surface area contributed by atoms with Crippen LogP contribution in [0.1, 0.15) is 31.9 Å². The number of ether oxygens (including phenoxy) is 1. The van der Waals surface area contributed by atoms with Gasteiger partial charge in [0.25, 0.3) is 11.6 Å². The van der Waals surface area contributed by atoms with Crippen LogP contribution in [0.3, 0.4) is 0 Å². The van der Waals surface area contributed by atoms with Crippen LogP contribution >= 0.6 is 11.8 Å². The Kier molecular flexibility index (Phi) is 7.74. The average molecular weight is 528 g/mol. The summed E-state index contributed by atoms with van der Waals surface area (Å²) in [4.78, 5) is 51.4. The molecule has 2 aliphatic heterocycles. The molecule has 0 unspecified atom stereocenters. The van der Waals surface area contributed by atoms with Gasteiger partial charge in [0.05, 0.1) is 16.4 Å². The van der Waals surface area contributed by atoms with Crippen molar-refractivity contribution in [1.29, 1.82) is 0 Å². The molecule has 10 nitrogen and oxygen atoms in total. The second kappa shape index (κ2) is 10.8. The molecule has 2 aliphatic rings. The summed E-state index contributed by atoms with van der Waals surface area (Å²) in [5.74, 6) is 0.317. The van der Waals surface area contributed by atoms with Crippen LogP contribution in [-0.2, 0) is 20.8 Å². The number of piperazine rings is 1. The summed E-state index contributed by atoms with van der Waals surface area (Å²) in [6, 6.07) is 10.2.